The largest absolute Gasteiger partial charge is 0.459 e. The molecule has 0 bridgehead atoms. The van der Waals surface area contributed by atoms with Crippen LogP contribution in [0.15, 0.2) is 38.4 Å². The number of aromatic nitrogens is 1. The summed E-state index contributed by atoms with van der Waals surface area (Å²) >= 11 is 0. The highest BCUT2D eigenvalue weighted by Crippen LogP contribution is 2.22. The van der Waals surface area contributed by atoms with Crippen LogP contribution in [0, 0.1) is 0 Å². The van der Waals surface area contributed by atoms with Crippen molar-refractivity contribution >= 4 is 11.9 Å². The first-order chi connectivity index (χ1) is 14.2. The van der Waals surface area contributed by atoms with E-state index in [1.807, 2.05) is 17.9 Å². The number of furan rings is 1. The van der Waals surface area contributed by atoms with Gasteiger partial charge in [0.15, 0.2) is 17.5 Å². The number of guanidine groups is 1. The van der Waals surface area contributed by atoms with Crippen molar-refractivity contribution in [3.8, 4) is 0 Å². The smallest absolute Gasteiger partial charge is 0.289 e. The molecular formula is C21H31N5O3. The SMILES string of the molecule is CCNC(=NCc1cc(C(CC)CC)no1)N1CCN(C(=O)c2ccco2)CC1. The van der Waals surface area contributed by atoms with E-state index >= 15 is 0 Å². The van der Waals surface area contributed by atoms with Crippen molar-refractivity contribution in [1.82, 2.24) is 20.3 Å². The van der Waals surface area contributed by atoms with Crippen molar-refractivity contribution < 1.29 is 13.7 Å². The highest BCUT2D eigenvalue weighted by Gasteiger charge is 2.25. The van der Waals surface area contributed by atoms with E-state index in [4.69, 9.17) is 13.9 Å². The lowest BCUT2D eigenvalue weighted by Gasteiger charge is -2.36. The van der Waals surface area contributed by atoms with E-state index in [0.717, 1.165) is 36.8 Å². The molecule has 0 atom stereocenters. The van der Waals surface area contributed by atoms with Gasteiger partial charge in [-0.2, -0.15) is 0 Å². The second-order valence-electron chi connectivity index (χ2n) is 7.16. The average molecular weight is 402 g/mol. The molecule has 3 rings (SSSR count). The Morgan fingerprint density at radius 2 is 1.93 bits per heavy atom. The molecule has 158 valence electrons. The number of nitrogens with one attached hydrogen (secondary N) is 1. The minimum Gasteiger partial charge on any atom is -0.459 e. The van der Waals surface area contributed by atoms with Crippen LogP contribution < -0.4 is 5.32 Å². The predicted molar refractivity (Wildman–Crippen MR) is 111 cm³/mol. The molecule has 1 aliphatic heterocycles. The normalized spacial score (nSPS) is 15.2. The van der Waals surface area contributed by atoms with E-state index in [-0.39, 0.29) is 5.91 Å². The zero-order valence-corrected chi connectivity index (χ0v) is 17.6. The van der Waals surface area contributed by atoms with Crippen molar-refractivity contribution in [3.05, 3.63) is 41.7 Å². The van der Waals surface area contributed by atoms with Crippen LogP contribution in [-0.2, 0) is 6.54 Å². The van der Waals surface area contributed by atoms with E-state index < -0.39 is 0 Å². The Balaban J connectivity index is 1.59. The topological polar surface area (TPSA) is 87.1 Å². The molecule has 2 aromatic heterocycles. The molecule has 0 unspecified atom stereocenters. The molecule has 8 nitrogen and oxygen atoms in total. The third-order valence-electron chi connectivity index (χ3n) is 5.30. The number of aliphatic imine (C=N–C) groups is 1. The highest BCUT2D eigenvalue weighted by molar-refractivity contribution is 5.91. The van der Waals surface area contributed by atoms with E-state index in [2.05, 4.69) is 29.2 Å². The Bertz CT molecular complexity index is 787. The lowest BCUT2D eigenvalue weighted by atomic mass is 9.99. The van der Waals surface area contributed by atoms with Crippen LogP contribution in [0.1, 0.15) is 61.5 Å². The van der Waals surface area contributed by atoms with Crippen LogP contribution in [0.5, 0.6) is 0 Å². The second kappa shape index (κ2) is 10.1. The number of amides is 1. The summed E-state index contributed by atoms with van der Waals surface area (Å²) in [6.07, 6.45) is 3.63. The van der Waals surface area contributed by atoms with Crippen LogP contribution in [0.2, 0.25) is 0 Å². The lowest BCUT2D eigenvalue weighted by molar-refractivity contribution is 0.0657. The Labute approximate surface area is 171 Å². The van der Waals surface area contributed by atoms with Gasteiger partial charge in [0.25, 0.3) is 5.91 Å². The van der Waals surface area contributed by atoms with Crippen molar-refractivity contribution in [2.45, 2.75) is 46.1 Å². The van der Waals surface area contributed by atoms with Gasteiger partial charge in [0, 0.05) is 44.7 Å². The highest BCUT2D eigenvalue weighted by atomic mass is 16.5. The van der Waals surface area contributed by atoms with Crippen LogP contribution in [-0.4, -0.2) is 59.5 Å². The van der Waals surface area contributed by atoms with Gasteiger partial charge in [-0.15, -0.1) is 0 Å². The lowest BCUT2D eigenvalue weighted by Crippen LogP contribution is -2.53. The summed E-state index contributed by atoms with van der Waals surface area (Å²) in [5, 5.41) is 7.56. The average Bonchev–Trinajstić information content (AvgIpc) is 3.44. The molecule has 2 aromatic rings. The summed E-state index contributed by atoms with van der Waals surface area (Å²) in [5.74, 6) is 2.36. The summed E-state index contributed by atoms with van der Waals surface area (Å²) in [4.78, 5) is 21.1. The molecule has 3 heterocycles. The fourth-order valence-electron chi connectivity index (χ4n) is 3.56. The van der Waals surface area contributed by atoms with E-state index in [1.54, 1.807) is 12.1 Å². The number of hydrogen-bond acceptors (Lipinski definition) is 5. The maximum atomic E-state index is 12.4. The van der Waals surface area contributed by atoms with Gasteiger partial charge in [-0.3, -0.25) is 4.79 Å². The molecule has 0 aliphatic carbocycles. The molecule has 29 heavy (non-hydrogen) atoms. The fourth-order valence-corrected chi connectivity index (χ4v) is 3.56. The second-order valence-corrected chi connectivity index (χ2v) is 7.16. The number of hydrogen-bond donors (Lipinski definition) is 1. The summed E-state index contributed by atoms with van der Waals surface area (Å²) in [5.41, 5.74) is 1.01. The molecule has 1 amide bonds. The van der Waals surface area contributed by atoms with Crippen LogP contribution in [0.3, 0.4) is 0 Å². The molecule has 0 saturated carbocycles. The molecular weight excluding hydrogens is 370 g/mol. The molecule has 0 spiro atoms. The van der Waals surface area contributed by atoms with E-state index in [1.165, 1.54) is 6.26 Å². The molecule has 0 aromatic carbocycles. The zero-order valence-electron chi connectivity index (χ0n) is 17.6. The molecule has 1 saturated heterocycles. The maximum Gasteiger partial charge on any atom is 0.289 e. The number of carbonyl (C=O) groups excluding carboxylic acids is 1. The Morgan fingerprint density at radius 3 is 2.55 bits per heavy atom. The van der Waals surface area contributed by atoms with Crippen LogP contribution in [0.25, 0.3) is 0 Å². The van der Waals surface area contributed by atoms with Gasteiger partial charge in [0.2, 0.25) is 0 Å². The van der Waals surface area contributed by atoms with Gasteiger partial charge in [-0.1, -0.05) is 19.0 Å². The van der Waals surface area contributed by atoms with Crippen molar-refractivity contribution in [2.24, 2.45) is 4.99 Å². The van der Waals surface area contributed by atoms with E-state index in [9.17, 15) is 4.79 Å². The minimum atomic E-state index is -0.0628. The predicted octanol–water partition coefficient (Wildman–Crippen LogP) is 3.09. The van der Waals surface area contributed by atoms with Gasteiger partial charge in [0.05, 0.1) is 12.0 Å². The van der Waals surface area contributed by atoms with E-state index in [0.29, 0.717) is 44.4 Å². The first-order valence-electron chi connectivity index (χ1n) is 10.5. The van der Waals surface area contributed by atoms with Gasteiger partial charge in [-0.25, -0.2) is 4.99 Å². The third kappa shape index (κ3) is 5.19. The van der Waals surface area contributed by atoms with Gasteiger partial charge >= 0.3 is 0 Å². The molecule has 8 heteroatoms. The monoisotopic (exact) mass is 401 g/mol. The van der Waals surface area contributed by atoms with Crippen LogP contribution >= 0.6 is 0 Å². The first-order valence-corrected chi connectivity index (χ1v) is 10.5. The van der Waals surface area contributed by atoms with Crippen molar-refractivity contribution in [2.75, 3.05) is 32.7 Å². The quantitative estimate of drug-likeness (QED) is 0.567. The number of piperazine rings is 1. The summed E-state index contributed by atoms with van der Waals surface area (Å²) in [6.45, 7) is 10.3. The van der Waals surface area contributed by atoms with Crippen molar-refractivity contribution in [3.63, 3.8) is 0 Å². The summed E-state index contributed by atoms with van der Waals surface area (Å²) in [6, 6.07) is 5.45. The first kappa shape index (κ1) is 21.0. The van der Waals surface area contributed by atoms with Gasteiger partial charge in [0.1, 0.15) is 6.54 Å². The maximum absolute atomic E-state index is 12.4. The molecule has 1 fully saturated rings. The number of rotatable bonds is 7. The number of nitrogens with zero attached hydrogens (tertiary/aromatic N) is 4. The molecule has 1 N–H and O–H groups in total. The Hall–Kier alpha value is -2.77. The molecule has 1 aliphatic rings. The fraction of sp³-hybridized carbons (Fsp3) is 0.571. The zero-order chi connectivity index (χ0) is 20.6. The van der Waals surface area contributed by atoms with Crippen LogP contribution in [0.4, 0.5) is 0 Å². The summed E-state index contributed by atoms with van der Waals surface area (Å²) in [7, 11) is 0. The van der Waals surface area contributed by atoms with Gasteiger partial charge < -0.3 is 24.1 Å². The summed E-state index contributed by atoms with van der Waals surface area (Å²) < 4.78 is 10.7. The third-order valence-corrected chi connectivity index (χ3v) is 5.30. The number of carbonyl (C=O) groups is 1. The Morgan fingerprint density at radius 1 is 1.21 bits per heavy atom. The van der Waals surface area contributed by atoms with Gasteiger partial charge in [-0.05, 0) is 31.9 Å². The Kier molecular flexibility index (Phi) is 7.32. The standard InChI is InChI=1S/C21H31N5O3/c1-4-16(5-2)18-14-17(29-24-18)15-23-21(22-6-3)26-11-9-25(10-12-26)20(27)19-8-7-13-28-19/h7-8,13-14,16H,4-6,9-12,15H2,1-3H3,(H,22,23). The minimum absolute atomic E-state index is 0.0628. The van der Waals surface area contributed by atoms with Crippen molar-refractivity contribution in [1.29, 1.82) is 0 Å². The molecule has 0 radical (unpaired) electrons.